The molecule has 1 saturated carbocycles. The second-order valence-corrected chi connectivity index (χ2v) is 7.90. The first kappa shape index (κ1) is 17.5. The van der Waals surface area contributed by atoms with Crippen molar-refractivity contribution in [2.24, 2.45) is 5.92 Å². The molecule has 0 aromatic heterocycles. The van der Waals surface area contributed by atoms with Crippen LogP contribution in [0, 0.1) is 5.92 Å². The van der Waals surface area contributed by atoms with Crippen LogP contribution in [0.3, 0.4) is 0 Å². The zero-order valence-electron chi connectivity index (χ0n) is 14.5. The number of carbonyl (C=O) groups excluding carboxylic acids is 1. The molecule has 1 aliphatic heterocycles. The third-order valence-electron chi connectivity index (χ3n) is 4.74. The zero-order valence-corrected chi connectivity index (χ0v) is 14.5. The number of hydrogen-bond acceptors (Lipinski definition) is 4. The van der Waals surface area contributed by atoms with E-state index < -0.39 is 5.60 Å². The number of hydrogen-bond donors (Lipinski definition) is 2. The molecule has 2 N–H and O–H groups in total. The second kappa shape index (κ2) is 7.18. The minimum Gasteiger partial charge on any atom is -0.444 e. The Morgan fingerprint density at radius 1 is 1.36 bits per heavy atom. The van der Waals surface area contributed by atoms with Crippen molar-refractivity contribution in [3.05, 3.63) is 0 Å². The average Bonchev–Trinajstić information content (AvgIpc) is 2.44. The Bertz CT molecular complexity index is 381. The van der Waals surface area contributed by atoms with Crippen LogP contribution in [0.25, 0.3) is 0 Å². The molecule has 2 aliphatic rings. The van der Waals surface area contributed by atoms with E-state index in [0.29, 0.717) is 18.0 Å². The number of amides is 1. The molecule has 2 fully saturated rings. The van der Waals surface area contributed by atoms with Gasteiger partial charge in [-0.3, -0.25) is 0 Å². The summed E-state index contributed by atoms with van der Waals surface area (Å²) in [5, 5.41) is 12.7. The van der Waals surface area contributed by atoms with E-state index in [9.17, 15) is 9.90 Å². The minimum absolute atomic E-state index is 0.145. The van der Waals surface area contributed by atoms with Crippen molar-refractivity contribution in [2.75, 3.05) is 13.2 Å². The molecule has 4 atom stereocenters. The first-order valence-corrected chi connectivity index (χ1v) is 8.66. The van der Waals surface area contributed by atoms with Gasteiger partial charge in [0, 0.05) is 24.7 Å². The standard InChI is InChI=1S/C17H32N2O3/c1-12(11-20)18-14-7-8-15-13(10-14)6-5-9-19(15)16(21)22-17(2,3)4/h12-15,18,20H,5-11H2,1-4H3/t12-,13?,14?,15?/m0/s1. The van der Waals surface area contributed by atoms with Gasteiger partial charge in [0.25, 0.3) is 0 Å². The van der Waals surface area contributed by atoms with Gasteiger partial charge in [0.1, 0.15) is 5.60 Å². The fourth-order valence-electron chi connectivity index (χ4n) is 3.81. The number of likely N-dealkylation sites (tertiary alicyclic amines) is 1. The summed E-state index contributed by atoms with van der Waals surface area (Å²) in [5.74, 6) is 0.554. The van der Waals surface area contributed by atoms with Crippen LogP contribution < -0.4 is 5.32 Å². The average molecular weight is 312 g/mol. The van der Waals surface area contributed by atoms with Gasteiger partial charge in [-0.1, -0.05) is 0 Å². The topological polar surface area (TPSA) is 61.8 Å². The van der Waals surface area contributed by atoms with Crippen molar-refractivity contribution >= 4 is 6.09 Å². The van der Waals surface area contributed by atoms with Crippen molar-refractivity contribution in [2.45, 2.75) is 83.5 Å². The van der Waals surface area contributed by atoms with Gasteiger partial charge in [0.15, 0.2) is 0 Å². The monoisotopic (exact) mass is 312 g/mol. The van der Waals surface area contributed by atoms with E-state index in [1.807, 2.05) is 32.6 Å². The highest BCUT2D eigenvalue weighted by Gasteiger charge is 2.40. The molecule has 1 aliphatic carbocycles. The lowest BCUT2D eigenvalue weighted by Gasteiger charge is -2.46. The van der Waals surface area contributed by atoms with Crippen LogP contribution in [-0.2, 0) is 4.74 Å². The molecule has 0 aromatic carbocycles. The van der Waals surface area contributed by atoms with Crippen molar-refractivity contribution in [1.82, 2.24) is 10.2 Å². The summed E-state index contributed by atoms with van der Waals surface area (Å²) in [4.78, 5) is 14.4. The first-order chi connectivity index (χ1) is 10.3. The number of rotatable bonds is 3. The van der Waals surface area contributed by atoms with Crippen LogP contribution in [0.5, 0.6) is 0 Å². The van der Waals surface area contributed by atoms with Gasteiger partial charge >= 0.3 is 6.09 Å². The van der Waals surface area contributed by atoms with E-state index in [1.165, 1.54) is 6.42 Å². The molecular formula is C17H32N2O3. The van der Waals surface area contributed by atoms with E-state index in [0.717, 1.165) is 32.2 Å². The zero-order chi connectivity index (χ0) is 16.3. The fourth-order valence-corrected chi connectivity index (χ4v) is 3.81. The number of piperidine rings is 1. The van der Waals surface area contributed by atoms with E-state index in [1.54, 1.807) is 0 Å². The number of fused-ring (bicyclic) bond motifs is 1. The van der Waals surface area contributed by atoms with E-state index in [2.05, 4.69) is 5.32 Å². The van der Waals surface area contributed by atoms with Gasteiger partial charge in [-0.15, -0.1) is 0 Å². The summed E-state index contributed by atoms with van der Waals surface area (Å²) in [6, 6.07) is 0.931. The number of aliphatic hydroxyl groups excluding tert-OH is 1. The molecule has 22 heavy (non-hydrogen) atoms. The molecule has 0 aromatic rings. The maximum Gasteiger partial charge on any atom is 0.410 e. The highest BCUT2D eigenvalue weighted by atomic mass is 16.6. The maximum atomic E-state index is 12.4. The van der Waals surface area contributed by atoms with E-state index in [-0.39, 0.29) is 18.7 Å². The Morgan fingerprint density at radius 2 is 2.09 bits per heavy atom. The smallest absolute Gasteiger partial charge is 0.410 e. The number of aliphatic hydroxyl groups is 1. The van der Waals surface area contributed by atoms with E-state index in [4.69, 9.17) is 4.74 Å². The molecule has 0 radical (unpaired) electrons. The van der Waals surface area contributed by atoms with Crippen LogP contribution in [0.2, 0.25) is 0 Å². The lowest BCUT2D eigenvalue weighted by atomic mass is 9.76. The summed E-state index contributed by atoms with van der Waals surface area (Å²) < 4.78 is 5.57. The molecule has 1 heterocycles. The van der Waals surface area contributed by atoms with Crippen LogP contribution in [0.1, 0.15) is 59.8 Å². The van der Waals surface area contributed by atoms with Crippen LogP contribution >= 0.6 is 0 Å². The molecule has 0 bridgehead atoms. The molecule has 128 valence electrons. The molecular weight excluding hydrogens is 280 g/mol. The summed E-state index contributed by atoms with van der Waals surface area (Å²) in [5.41, 5.74) is -0.431. The first-order valence-electron chi connectivity index (χ1n) is 8.66. The normalized spacial score (nSPS) is 30.6. The van der Waals surface area contributed by atoms with Gasteiger partial charge < -0.3 is 20.1 Å². The molecule has 1 amide bonds. The van der Waals surface area contributed by atoms with Gasteiger partial charge in [0.2, 0.25) is 0 Å². The predicted molar refractivity (Wildman–Crippen MR) is 86.8 cm³/mol. The largest absolute Gasteiger partial charge is 0.444 e. The van der Waals surface area contributed by atoms with E-state index >= 15 is 0 Å². The SMILES string of the molecule is C[C@@H](CO)NC1CCC2C(CCCN2C(=O)OC(C)(C)C)C1. The molecule has 1 saturated heterocycles. The van der Waals surface area contributed by atoms with Gasteiger partial charge in [-0.2, -0.15) is 0 Å². The number of nitrogens with zero attached hydrogens (tertiary/aromatic N) is 1. The lowest BCUT2D eigenvalue weighted by Crippen LogP contribution is -2.54. The number of nitrogens with one attached hydrogen (secondary N) is 1. The summed E-state index contributed by atoms with van der Waals surface area (Å²) >= 11 is 0. The second-order valence-electron chi connectivity index (χ2n) is 7.90. The molecule has 3 unspecified atom stereocenters. The van der Waals surface area contributed by atoms with Crippen LogP contribution in [0.15, 0.2) is 0 Å². The third kappa shape index (κ3) is 4.59. The molecule has 5 heteroatoms. The highest BCUT2D eigenvalue weighted by Crippen LogP contribution is 2.36. The summed E-state index contributed by atoms with van der Waals surface area (Å²) in [6.07, 6.45) is 5.27. The Morgan fingerprint density at radius 3 is 2.73 bits per heavy atom. The van der Waals surface area contributed by atoms with Crippen LogP contribution in [-0.4, -0.2) is 53.0 Å². The van der Waals surface area contributed by atoms with Gasteiger partial charge in [-0.05, 0) is 65.7 Å². The minimum atomic E-state index is -0.431. The number of ether oxygens (including phenoxy) is 1. The molecule has 5 nitrogen and oxygen atoms in total. The van der Waals surface area contributed by atoms with Crippen molar-refractivity contribution in [3.63, 3.8) is 0 Å². The number of carbonyl (C=O) groups is 1. The Balaban J connectivity index is 1.94. The third-order valence-corrected chi connectivity index (χ3v) is 4.74. The Labute approximate surface area is 134 Å². The van der Waals surface area contributed by atoms with Crippen molar-refractivity contribution in [1.29, 1.82) is 0 Å². The molecule has 0 spiro atoms. The van der Waals surface area contributed by atoms with Crippen LogP contribution in [0.4, 0.5) is 4.79 Å². The predicted octanol–water partition coefficient (Wildman–Crippen LogP) is 2.53. The van der Waals surface area contributed by atoms with Gasteiger partial charge in [-0.25, -0.2) is 4.79 Å². The maximum absolute atomic E-state index is 12.4. The van der Waals surface area contributed by atoms with Gasteiger partial charge in [0.05, 0.1) is 6.61 Å². The molecule has 2 rings (SSSR count). The van der Waals surface area contributed by atoms with Crippen molar-refractivity contribution < 1.29 is 14.6 Å². The fraction of sp³-hybridized carbons (Fsp3) is 0.941. The summed E-state index contributed by atoms with van der Waals surface area (Å²) in [7, 11) is 0. The Kier molecular flexibility index (Phi) is 5.72. The highest BCUT2D eigenvalue weighted by molar-refractivity contribution is 5.68. The lowest BCUT2D eigenvalue weighted by molar-refractivity contribution is -0.0106. The van der Waals surface area contributed by atoms with Crippen molar-refractivity contribution in [3.8, 4) is 0 Å². The quantitative estimate of drug-likeness (QED) is 0.840. The Hall–Kier alpha value is -0.810. The summed E-state index contributed by atoms with van der Waals surface area (Å²) in [6.45, 7) is 8.77.